The number of carbonyl (C=O) groups excluding carboxylic acids is 1. The van der Waals surface area contributed by atoms with E-state index in [0.717, 1.165) is 26.2 Å². The fraction of sp³-hybridized carbons (Fsp3) is 0.467. The van der Waals surface area contributed by atoms with Crippen molar-refractivity contribution in [1.82, 2.24) is 24.6 Å². The Morgan fingerprint density at radius 1 is 1.29 bits per heavy atom. The molecule has 0 saturated carbocycles. The Bertz CT molecular complexity index is 695. The van der Waals surface area contributed by atoms with E-state index in [1.54, 1.807) is 36.3 Å². The van der Waals surface area contributed by atoms with E-state index in [2.05, 4.69) is 30.2 Å². The topological polar surface area (TPSA) is 88.4 Å². The highest BCUT2D eigenvalue weighted by molar-refractivity contribution is 5.91. The van der Waals surface area contributed by atoms with Gasteiger partial charge >= 0.3 is 0 Å². The van der Waals surface area contributed by atoms with Gasteiger partial charge in [-0.05, 0) is 0 Å². The fourth-order valence-corrected chi connectivity index (χ4v) is 2.57. The molecule has 0 aromatic carbocycles. The molecule has 2 aromatic rings. The zero-order chi connectivity index (χ0) is 16.9. The highest BCUT2D eigenvalue weighted by Gasteiger charge is 2.21. The molecule has 1 saturated heterocycles. The minimum absolute atomic E-state index is 0.0558. The van der Waals surface area contributed by atoms with Crippen LogP contribution in [0.15, 0.2) is 24.5 Å². The number of aryl methyl sites for hydroxylation is 1. The van der Waals surface area contributed by atoms with Crippen LogP contribution in [0.4, 0.5) is 11.8 Å². The second-order valence-electron chi connectivity index (χ2n) is 5.59. The second kappa shape index (κ2) is 7.26. The van der Waals surface area contributed by atoms with Crippen LogP contribution in [0.3, 0.4) is 0 Å². The van der Waals surface area contributed by atoms with Gasteiger partial charge in [-0.1, -0.05) is 0 Å². The summed E-state index contributed by atoms with van der Waals surface area (Å²) < 4.78 is 6.78. The lowest BCUT2D eigenvalue weighted by molar-refractivity contribution is -0.117. The summed E-state index contributed by atoms with van der Waals surface area (Å²) in [4.78, 5) is 24.9. The molecule has 3 heterocycles. The largest absolute Gasteiger partial charge is 0.481 e. The molecule has 0 unspecified atom stereocenters. The number of hydrogen-bond acceptors (Lipinski definition) is 7. The van der Waals surface area contributed by atoms with Crippen molar-refractivity contribution in [2.45, 2.75) is 0 Å². The number of carbonyl (C=O) groups is 1. The zero-order valence-corrected chi connectivity index (χ0v) is 13.8. The van der Waals surface area contributed by atoms with Crippen LogP contribution in [-0.2, 0) is 11.8 Å². The number of piperazine rings is 1. The van der Waals surface area contributed by atoms with E-state index in [1.165, 1.54) is 0 Å². The first-order valence-electron chi connectivity index (χ1n) is 7.78. The normalized spacial score (nSPS) is 15.3. The summed E-state index contributed by atoms with van der Waals surface area (Å²) >= 11 is 0. The maximum atomic E-state index is 12.1. The molecule has 0 spiro atoms. The average molecular weight is 331 g/mol. The van der Waals surface area contributed by atoms with Crippen LogP contribution in [0.5, 0.6) is 5.88 Å². The predicted molar refractivity (Wildman–Crippen MR) is 89.1 cm³/mol. The maximum Gasteiger partial charge on any atom is 0.239 e. The van der Waals surface area contributed by atoms with Gasteiger partial charge < -0.3 is 15.0 Å². The minimum Gasteiger partial charge on any atom is -0.481 e. The van der Waals surface area contributed by atoms with Crippen molar-refractivity contribution in [3.63, 3.8) is 0 Å². The summed E-state index contributed by atoms with van der Waals surface area (Å²) in [7, 11) is 3.40. The molecule has 9 nitrogen and oxygen atoms in total. The quantitative estimate of drug-likeness (QED) is 0.823. The molecule has 2 aromatic heterocycles. The van der Waals surface area contributed by atoms with E-state index >= 15 is 0 Å². The molecule has 0 atom stereocenters. The number of rotatable bonds is 5. The van der Waals surface area contributed by atoms with Gasteiger partial charge in [0.2, 0.25) is 17.7 Å². The number of hydrogen-bond donors (Lipinski definition) is 1. The van der Waals surface area contributed by atoms with Gasteiger partial charge in [-0.3, -0.25) is 14.4 Å². The van der Waals surface area contributed by atoms with Crippen LogP contribution < -0.4 is 15.0 Å². The van der Waals surface area contributed by atoms with Crippen molar-refractivity contribution in [1.29, 1.82) is 0 Å². The Balaban J connectivity index is 1.48. The van der Waals surface area contributed by atoms with Gasteiger partial charge in [0.15, 0.2) is 5.82 Å². The number of nitrogens with one attached hydrogen (secondary N) is 1. The van der Waals surface area contributed by atoms with Crippen molar-refractivity contribution < 1.29 is 9.53 Å². The van der Waals surface area contributed by atoms with Gasteiger partial charge in [0.25, 0.3) is 0 Å². The Hall–Kier alpha value is -2.68. The number of amides is 1. The number of methoxy groups -OCH3 is 1. The smallest absolute Gasteiger partial charge is 0.239 e. The highest BCUT2D eigenvalue weighted by atomic mass is 16.5. The summed E-state index contributed by atoms with van der Waals surface area (Å²) in [5.74, 6) is 1.73. The van der Waals surface area contributed by atoms with E-state index in [9.17, 15) is 4.79 Å². The molecule has 1 aliphatic rings. The first-order chi connectivity index (χ1) is 11.6. The van der Waals surface area contributed by atoms with E-state index in [-0.39, 0.29) is 5.91 Å². The Morgan fingerprint density at radius 2 is 2.08 bits per heavy atom. The van der Waals surface area contributed by atoms with Crippen LogP contribution >= 0.6 is 0 Å². The summed E-state index contributed by atoms with van der Waals surface area (Å²) in [5.41, 5.74) is 0. The van der Waals surface area contributed by atoms with Gasteiger partial charge in [-0.15, -0.1) is 0 Å². The Labute approximate surface area is 140 Å². The van der Waals surface area contributed by atoms with Gasteiger partial charge in [-0.25, -0.2) is 4.98 Å². The second-order valence-corrected chi connectivity index (χ2v) is 5.59. The van der Waals surface area contributed by atoms with Gasteiger partial charge in [0, 0.05) is 57.8 Å². The monoisotopic (exact) mass is 331 g/mol. The summed E-state index contributed by atoms with van der Waals surface area (Å²) in [6, 6.07) is 3.50. The summed E-state index contributed by atoms with van der Waals surface area (Å²) in [6.07, 6.45) is 3.48. The molecule has 24 heavy (non-hydrogen) atoms. The fourth-order valence-electron chi connectivity index (χ4n) is 2.57. The maximum absolute atomic E-state index is 12.1. The molecular weight excluding hydrogens is 310 g/mol. The van der Waals surface area contributed by atoms with Crippen LogP contribution in [0, 0.1) is 0 Å². The number of aromatic nitrogens is 4. The molecule has 1 fully saturated rings. The first kappa shape index (κ1) is 16.2. The summed E-state index contributed by atoms with van der Waals surface area (Å²) in [5, 5.41) is 6.94. The lowest BCUT2D eigenvalue weighted by Crippen LogP contribution is -2.49. The van der Waals surface area contributed by atoms with Crippen molar-refractivity contribution in [3.8, 4) is 5.88 Å². The van der Waals surface area contributed by atoms with Gasteiger partial charge in [-0.2, -0.15) is 10.1 Å². The molecular formula is C15H21N7O2. The average Bonchev–Trinajstić information content (AvgIpc) is 3.00. The van der Waals surface area contributed by atoms with Crippen molar-refractivity contribution in [2.24, 2.45) is 7.05 Å². The van der Waals surface area contributed by atoms with Crippen LogP contribution in [0.1, 0.15) is 0 Å². The zero-order valence-electron chi connectivity index (χ0n) is 13.8. The van der Waals surface area contributed by atoms with Crippen molar-refractivity contribution in [3.05, 3.63) is 24.5 Å². The molecule has 128 valence electrons. The van der Waals surface area contributed by atoms with Gasteiger partial charge in [0.05, 0.1) is 13.7 Å². The third kappa shape index (κ3) is 3.99. The molecule has 1 amide bonds. The predicted octanol–water partition coefficient (Wildman–Crippen LogP) is -0.0206. The lowest BCUT2D eigenvalue weighted by atomic mass is 10.3. The molecule has 0 bridgehead atoms. The lowest BCUT2D eigenvalue weighted by Gasteiger charge is -2.34. The standard InChI is InChI=1S/C15H21N7O2/c1-20-6-4-12(19-20)17-13(23)11-21-7-9-22(10-8-21)15-16-5-3-14(18-15)24-2/h3-6H,7-11H2,1-2H3,(H,17,19,23). The van der Waals surface area contributed by atoms with Gasteiger partial charge in [0.1, 0.15) is 0 Å². The van der Waals surface area contributed by atoms with Crippen LogP contribution in [0.25, 0.3) is 0 Å². The van der Waals surface area contributed by atoms with E-state index in [1.807, 2.05) is 7.05 Å². The molecule has 1 N–H and O–H groups in total. The Kier molecular flexibility index (Phi) is 4.90. The first-order valence-corrected chi connectivity index (χ1v) is 7.78. The molecule has 0 aliphatic carbocycles. The van der Waals surface area contributed by atoms with Crippen LogP contribution in [0.2, 0.25) is 0 Å². The van der Waals surface area contributed by atoms with E-state index in [0.29, 0.717) is 24.2 Å². The number of ether oxygens (including phenoxy) is 1. The molecule has 1 aliphatic heterocycles. The third-order valence-corrected chi connectivity index (χ3v) is 3.83. The van der Waals surface area contributed by atoms with Crippen molar-refractivity contribution in [2.75, 3.05) is 50.1 Å². The summed E-state index contributed by atoms with van der Waals surface area (Å²) in [6.45, 7) is 3.43. The van der Waals surface area contributed by atoms with E-state index in [4.69, 9.17) is 4.74 Å². The molecule has 0 radical (unpaired) electrons. The SMILES string of the molecule is COc1ccnc(N2CCN(CC(=O)Nc3ccn(C)n3)CC2)n1. The van der Waals surface area contributed by atoms with Crippen LogP contribution in [-0.4, -0.2) is 70.4 Å². The molecule has 9 heteroatoms. The third-order valence-electron chi connectivity index (χ3n) is 3.83. The minimum atomic E-state index is -0.0558. The number of nitrogens with zero attached hydrogens (tertiary/aromatic N) is 6. The van der Waals surface area contributed by atoms with Crippen molar-refractivity contribution >= 4 is 17.7 Å². The number of anilines is 2. The molecule has 3 rings (SSSR count). The Morgan fingerprint density at radius 3 is 2.75 bits per heavy atom. The van der Waals surface area contributed by atoms with E-state index < -0.39 is 0 Å². The highest BCUT2D eigenvalue weighted by Crippen LogP contribution is 2.14.